The number of hydrogen-bond donors (Lipinski definition) is 2. The van der Waals surface area contributed by atoms with Gasteiger partial charge in [-0.15, -0.1) is 0 Å². The van der Waals surface area contributed by atoms with Crippen molar-refractivity contribution in [2.45, 2.75) is 25.4 Å². The lowest BCUT2D eigenvalue weighted by Gasteiger charge is -2.35. The average Bonchev–Trinajstić information content (AvgIpc) is 3.61. The third-order valence-corrected chi connectivity index (χ3v) is 7.54. The maximum Gasteiger partial charge on any atom is 0.238 e. The number of hydrogen-bond acceptors (Lipinski definition) is 7. The van der Waals surface area contributed by atoms with E-state index in [1.165, 1.54) is 11.1 Å². The van der Waals surface area contributed by atoms with Crippen LogP contribution in [-0.2, 0) is 17.6 Å². The number of aliphatic hydroxyl groups is 1. The first-order chi connectivity index (χ1) is 19.1. The number of carbonyl (C=O) groups excluding carboxylic acids is 1. The summed E-state index contributed by atoms with van der Waals surface area (Å²) in [6.07, 6.45) is 2.69. The topological polar surface area (TPSA) is 91.1 Å². The molecule has 0 bridgehead atoms. The predicted octanol–water partition coefficient (Wildman–Crippen LogP) is 3.98. The monoisotopic (exact) mass is 526 g/mol. The molecule has 0 unspecified atom stereocenters. The molecule has 2 N–H and O–H groups in total. The summed E-state index contributed by atoms with van der Waals surface area (Å²) in [5.74, 6) is 1.26. The molecule has 6 rings (SSSR count). The van der Waals surface area contributed by atoms with Crippen molar-refractivity contribution in [1.29, 1.82) is 0 Å². The van der Waals surface area contributed by atoms with Crippen molar-refractivity contribution in [3.05, 3.63) is 77.9 Å². The van der Waals surface area contributed by atoms with Crippen LogP contribution in [0.15, 0.2) is 71.1 Å². The molecule has 3 aromatic carbocycles. The molecular weight excluding hydrogens is 492 g/mol. The zero-order chi connectivity index (χ0) is 26.6. The molecular formula is C31H34N4O4. The van der Waals surface area contributed by atoms with Gasteiger partial charge in [0.2, 0.25) is 11.8 Å². The zero-order valence-corrected chi connectivity index (χ0v) is 22.0. The number of oxazole rings is 1. The Morgan fingerprint density at radius 2 is 1.82 bits per heavy atom. The predicted molar refractivity (Wildman–Crippen MR) is 151 cm³/mol. The summed E-state index contributed by atoms with van der Waals surface area (Å²) >= 11 is 0. The van der Waals surface area contributed by atoms with Crippen LogP contribution in [0.1, 0.15) is 17.5 Å². The van der Waals surface area contributed by atoms with Gasteiger partial charge < -0.3 is 19.6 Å². The molecule has 1 fully saturated rings. The number of anilines is 1. The summed E-state index contributed by atoms with van der Waals surface area (Å²) in [6, 6.07) is 21.5. The number of benzene rings is 3. The lowest BCUT2D eigenvalue weighted by molar-refractivity contribution is -0.117. The van der Waals surface area contributed by atoms with E-state index in [2.05, 4.69) is 26.2 Å². The van der Waals surface area contributed by atoms with Crippen molar-refractivity contribution in [2.24, 2.45) is 0 Å². The van der Waals surface area contributed by atoms with Crippen LogP contribution in [0, 0.1) is 0 Å². The Labute approximate surface area is 228 Å². The summed E-state index contributed by atoms with van der Waals surface area (Å²) in [4.78, 5) is 21.7. The summed E-state index contributed by atoms with van der Waals surface area (Å²) in [5, 5.41) is 13.7. The Kier molecular flexibility index (Phi) is 7.58. The van der Waals surface area contributed by atoms with Crippen LogP contribution in [0.4, 0.5) is 5.69 Å². The smallest absolute Gasteiger partial charge is 0.238 e. The van der Waals surface area contributed by atoms with Crippen molar-refractivity contribution in [1.82, 2.24) is 14.8 Å². The Morgan fingerprint density at radius 1 is 1.00 bits per heavy atom. The summed E-state index contributed by atoms with van der Waals surface area (Å²) in [5.41, 5.74) is 5.96. The summed E-state index contributed by atoms with van der Waals surface area (Å²) in [7, 11) is 0. The quantitative estimate of drug-likeness (QED) is 0.341. The second kappa shape index (κ2) is 11.6. The number of ether oxygens (including phenoxy) is 1. The molecule has 8 nitrogen and oxygen atoms in total. The molecule has 1 aromatic heterocycles. The largest absolute Gasteiger partial charge is 0.491 e. The number of amides is 1. The van der Waals surface area contributed by atoms with Crippen LogP contribution in [-0.4, -0.2) is 77.8 Å². The van der Waals surface area contributed by atoms with Gasteiger partial charge in [-0.3, -0.25) is 14.6 Å². The molecule has 2 aliphatic rings. The number of carbonyl (C=O) groups is 1. The molecule has 8 heteroatoms. The first-order valence-corrected chi connectivity index (χ1v) is 13.7. The van der Waals surface area contributed by atoms with Gasteiger partial charge in [0.05, 0.1) is 6.54 Å². The van der Waals surface area contributed by atoms with Crippen molar-refractivity contribution in [3.8, 4) is 17.2 Å². The zero-order valence-electron chi connectivity index (χ0n) is 22.0. The molecule has 0 spiro atoms. The van der Waals surface area contributed by atoms with Gasteiger partial charge in [-0.25, -0.2) is 4.98 Å². The van der Waals surface area contributed by atoms with E-state index < -0.39 is 6.10 Å². The number of nitrogens with zero attached hydrogens (tertiary/aromatic N) is 3. The summed E-state index contributed by atoms with van der Waals surface area (Å²) < 4.78 is 11.7. The van der Waals surface area contributed by atoms with E-state index >= 15 is 0 Å². The molecule has 1 amide bonds. The van der Waals surface area contributed by atoms with Crippen molar-refractivity contribution in [3.63, 3.8) is 0 Å². The van der Waals surface area contributed by atoms with Gasteiger partial charge in [-0.05, 0) is 60.7 Å². The molecule has 1 atom stereocenters. The third-order valence-electron chi connectivity index (χ3n) is 7.54. The second-order valence-corrected chi connectivity index (χ2v) is 10.4. The second-order valence-electron chi connectivity index (χ2n) is 10.4. The minimum absolute atomic E-state index is 0.0390. The fourth-order valence-electron chi connectivity index (χ4n) is 5.50. The molecule has 2 heterocycles. The van der Waals surface area contributed by atoms with Crippen molar-refractivity contribution >= 4 is 22.7 Å². The Hall–Kier alpha value is -3.72. The molecule has 1 aliphatic heterocycles. The average molecular weight is 527 g/mol. The standard InChI is InChI=1S/C31H34N4O4/c36-24(21-38-25-12-13-29-28(18-25)33-31(39-29)23-6-2-1-3-7-23)19-34-14-16-35(17-15-34)20-30(37)32-27-11-5-9-22-8-4-10-26(22)27/h1-3,5-7,9,11-13,18,24,36H,4,8,10,14-17,19-21H2,(H,32,37)/t24-/m1/s1. The molecule has 4 aromatic rings. The number of aromatic nitrogens is 1. The van der Waals surface area contributed by atoms with Gasteiger partial charge in [0.15, 0.2) is 5.58 Å². The van der Waals surface area contributed by atoms with E-state index in [0.29, 0.717) is 30.3 Å². The number of nitrogens with one attached hydrogen (secondary N) is 1. The van der Waals surface area contributed by atoms with E-state index in [9.17, 15) is 9.90 Å². The SMILES string of the molecule is O=C(CN1CCN(C[C@@H](O)COc2ccc3oc(-c4ccccc4)nc3c2)CC1)Nc1cccc2c1CCC2. The highest BCUT2D eigenvalue weighted by atomic mass is 16.5. The maximum atomic E-state index is 12.7. The number of fused-ring (bicyclic) bond motifs is 2. The Balaban J connectivity index is 0.940. The Bertz CT molecular complexity index is 1430. The van der Waals surface area contributed by atoms with Gasteiger partial charge in [-0.1, -0.05) is 30.3 Å². The van der Waals surface area contributed by atoms with Gasteiger partial charge in [0.1, 0.15) is 24.0 Å². The molecule has 1 saturated heterocycles. The number of rotatable bonds is 9. The third kappa shape index (κ3) is 6.14. The summed E-state index contributed by atoms with van der Waals surface area (Å²) in [6.45, 7) is 4.30. The van der Waals surface area contributed by atoms with Crippen molar-refractivity contribution in [2.75, 3.05) is 51.2 Å². The molecule has 0 radical (unpaired) electrons. The maximum absolute atomic E-state index is 12.7. The van der Waals surface area contributed by atoms with E-state index in [4.69, 9.17) is 9.15 Å². The number of β-amino-alcohol motifs (C(OH)–C–C–N with tert-alkyl or cyclic N) is 1. The lowest BCUT2D eigenvalue weighted by atomic mass is 10.1. The van der Waals surface area contributed by atoms with E-state index in [-0.39, 0.29) is 12.5 Å². The molecule has 1 aliphatic carbocycles. The molecule has 39 heavy (non-hydrogen) atoms. The van der Waals surface area contributed by atoms with Gasteiger partial charge in [0, 0.05) is 50.0 Å². The van der Waals surface area contributed by atoms with E-state index in [0.717, 1.165) is 62.2 Å². The lowest BCUT2D eigenvalue weighted by Crippen LogP contribution is -2.50. The van der Waals surface area contributed by atoms with Gasteiger partial charge >= 0.3 is 0 Å². The highest BCUT2D eigenvalue weighted by Gasteiger charge is 2.22. The van der Waals surface area contributed by atoms with Gasteiger partial charge in [0.25, 0.3) is 0 Å². The van der Waals surface area contributed by atoms with E-state index in [1.54, 1.807) is 0 Å². The first-order valence-electron chi connectivity index (χ1n) is 13.7. The van der Waals surface area contributed by atoms with Gasteiger partial charge in [-0.2, -0.15) is 0 Å². The highest BCUT2D eigenvalue weighted by molar-refractivity contribution is 5.93. The van der Waals surface area contributed by atoms with Crippen LogP contribution in [0.25, 0.3) is 22.6 Å². The minimum atomic E-state index is -0.618. The fourth-order valence-corrected chi connectivity index (χ4v) is 5.50. The highest BCUT2D eigenvalue weighted by Crippen LogP contribution is 2.29. The van der Waals surface area contributed by atoms with Crippen LogP contribution < -0.4 is 10.1 Å². The number of aliphatic hydroxyl groups excluding tert-OH is 1. The normalized spacial score (nSPS) is 16.7. The molecule has 202 valence electrons. The first kappa shape index (κ1) is 25.6. The van der Waals surface area contributed by atoms with Crippen LogP contribution >= 0.6 is 0 Å². The van der Waals surface area contributed by atoms with Crippen LogP contribution in [0.2, 0.25) is 0 Å². The fraction of sp³-hybridized carbons (Fsp3) is 0.355. The number of aryl methyl sites for hydroxylation is 1. The minimum Gasteiger partial charge on any atom is -0.491 e. The van der Waals surface area contributed by atoms with E-state index in [1.807, 2.05) is 60.7 Å². The molecule has 0 saturated carbocycles. The van der Waals surface area contributed by atoms with Crippen molar-refractivity contribution < 1.29 is 19.1 Å². The van der Waals surface area contributed by atoms with Crippen LogP contribution in [0.3, 0.4) is 0 Å². The number of piperazine rings is 1. The Morgan fingerprint density at radius 3 is 2.67 bits per heavy atom. The van der Waals surface area contributed by atoms with Crippen LogP contribution in [0.5, 0.6) is 5.75 Å².